The quantitative estimate of drug-likeness (QED) is 0.823. The van der Waals surface area contributed by atoms with Crippen LogP contribution in [-0.4, -0.2) is 40.9 Å². The van der Waals surface area contributed by atoms with Crippen LogP contribution in [0.5, 0.6) is 5.75 Å². The van der Waals surface area contributed by atoms with E-state index in [1.807, 2.05) is 30.3 Å². The number of methoxy groups -OCH3 is 1. The number of carbonyl (C=O) groups excluding carboxylic acids is 1. The lowest BCUT2D eigenvalue weighted by Gasteiger charge is -2.43. The van der Waals surface area contributed by atoms with Gasteiger partial charge in [0.25, 0.3) is 0 Å². The summed E-state index contributed by atoms with van der Waals surface area (Å²) in [5, 5.41) is 11.2. The molecule has 2 bridgehead atoms. The largest absolute Gasteiger partial charge is 0.494 e. The first-order valence-electron chi connectivity index (χ1n) is 10.0. The first-order valence-corrected chi connectivity index (χ1v) is 10.0. The maximum atomic E-state index is 14.0. The van der Waals surface area contributed by atoms with Gasteiger partial charge in [-0.05, 0) is 48.9 Å². The summed E-state index contributed by atoms with van der Waals surface area (Å²) >= 11 is 0. The minimum Gasteiger partial charge on any atom is -0.494 e. The SMILES string of the molecule is COc1ccc(CC2(O)CC3CCC(C2)N3C(=O)OCc2ccccc2)cc1F. The molecule has 29 heavy (non-hydrogen) atoms. The van der Waals surface area contributed by atoms with Gasteiger partial charge in [0.05, 0.1) is 12.7 Å². The number of ether oxygens (including phenoxy) is 2. The Hall–Kier alpha value is -2.60. The Morgan fingerprint density at radius 3 is 2.45 bits per heavy atom. The molecule has 2 aromatic carbocycles. The number of nitrogens with zero attached hydrogens (tertiary/aromatic N) is 1. The van der Waals surface area contributed by atoms with E-state index in [0.29, 0.717) is 19.3 Å². The Morgan fingerprint density at radius 2 is 1.83 bits per heavy atom. The average Bonchev–Trinajstić information content (AvgIpc) is 2.99. The van der Waals surface area contributed by atoms with Gasteiger partial charge in [0, 0.05) is 18.5 Å². The second-order valence-corrected chi connectivity index (χ2v) is 8.11. The van der Waals surface area contributed by atoms with Crippen molar-refractivity contribution < 1.29 is 23.8 Å². The first-order chi connectivity index (χ1) is 14.0. The molecule has 2 saturated heterocycles. The fraction of sp³-hybridized carbons (Fsp3) is 0.435. The highest BCUT2D eigenvalue weighted by Gasteiger charge is 2.49. The number of amides is 1. The van der Waals surface area contributed by atoms with Crippen molar-refractivity contribution in [2.75, 3.05) is 7.11 Å². The zero-order valence-electron chi connectivity index (χ0n) is 16.5. The molecule has 2 heterocycles. The van der Waals surface area contributed by atoms with Gasteiger partial charge < -0.3 is 19.5 Å². The zero-order valence-corrected chi connectivity index (χ0v) is 16.5. The third-order valence-corrected chi connectivity index (χ3v) is 6.02. The summed E-state index contributed by atoms with van der Waals surface area (Å²) in [7, 11) is 1.43. The van der Waals surface area contributed by atoms with Crippen LogP contribution in [0.2, 0.25) is 0 Å². The maximum Gasteiger partial charge on any atom is 0.410 e. The highest BCUT2D eigenvalue weighted by atomic mass is 19.1. The van der Waals surface area contributed by atoms with Crippen molar-refractivity contribution in [1.82, 2.24) is 4.90 Å². The Balaban J connectivity index is 1.40. The van der Waals surface area contributed by atoms with Crippen molar-refractivity contribution in [2.45, 2.75) is 56.4 Å². The van der Waals surface area contributed by atoms with Crippen molar-refractivity contribution in [3.8, 4) is 5.75 Å². The van der Waals surface area contributed by atoms with E-state index < -0.39 is 11.4 Å². The number of hydrogen-bond acceptors (Lipinski definition) is 4. The van der Waals surface area contributed by atoms with Crippen molar-refractivity contribution in [2.24, 2.45) is 0 Å². The topological polar surface area (TPSA) is 59.0 Å². The second-order valence-electron chi connectivity index (χ2n) is 8.11. The Kier molecular flexibility index (Phi) is 5.46. The number of piperidine rings is 1. The van der Waals surface area contributed by atoms with Gasteiger partial charge in [-0.25, -0.2) is 9.18 Å². The summed E-state index contributed by atoms with van der Waals surface area (Å²) in [5.41, 5.74) is 0.719. The van der Waals surface area contributed by atoms with E-state index in [4.69, 9.17) is 9.47 Å². The Bertz CT molecular complexity index is 858. The molecule has 2 aromatic rings. The van der Waals surface area contributed by atoms with Crippen LogP contribution >= 0.6 is 0 Å². The molecule has 0 saturated carbocycles. The summed E-state index contributed by atoms with van der Waals surface area (Å²) in [5.74, 6) is -0.240. The monoisotopic (exact) mass is 399 g/mol. The van der Waals surface area contributed by atoms with Gasteiger partial charge in [0.15, 0.2) is 11.6 Å². The van der Waals surface area contributed by atoms with Gasteiger partial charge >= 0.3 is 6.09 Å². The van der Waals surface area contributed by atoms with Crippen LogP contribution in [0.4, 0.5) is 9.18 Å². The third kappa shape index (κ3) is 4.22. The molecule has 2 aliphatic rings. The summed E-state index contributed by atoms with van der Waals surface area (Å²) < 4.78 is 24.5. The lowest BCUT2D eigenvalue weighted by atomic mass is 9.81. The molecular weight excluding hydrogens is 373 g/mol. The van der Waals surface area contributed by atoms with Crippen molar-refractivity contribution in [3.05, 3.63) is 65.5 Å². The molecule has 0 aromatic heterocycles. The van der Waals surface area contributed by atoms with Crippen LogP contribution in [0.1, 0.15) is 36.8 Å². The van der Waals surface area contributed by atoms with E-state index in [2.05, 4.69) is 0 Å². The Labute approximate surface area is 170 Å². The van der Waals surface area contributed by atoms with Gasteiger partial charge in [-0.3, -0.25) is 0 Å². The van der Waals surface area contributed by atoms with Gasteiger partial charge in [-0.2, -0.15) is 0 Å². The summed E-state index contributed by atoms with van der Waals surface area (Å²) in [6, 6.07) is 14.3. The Morgan fingerprint density at radius 1 is 1.14 bits per heavy atom. The number of fused-ring (bicyclic) bond motifs is 2. The van der Waals surface area contributed by atoms with E-state index in [1.54, 1.807) is 17.0 Å². The number of halogens is 1. The van der Waals surface area contributed by atoms with E-state index in [-0.39, 0.29) is 30.5 Å². The first kappa shape index (κ1) is 19.7. The van der Waals surface area contributed by atoms with Gasteiger partial charge in [0.2, 0.25) is 0 Å². The van der Waals surface area contributed by atoms with E-state index >= 15 is 0 Å². The normalized spacial score (nSPS) is 25.7. The lowest BCUT2D eigenvalue weighted by Crippen LogP contribution is -2.54. The van der Waals surface area contributed by atoms with Crippen LogP contribution in [0.15, 0.2) is 48.5 Å². The smallest absolute Gasteiger partial charge is 0.410 e. The number of aliphatic hydroxyl groups is 1. The number of carbonyl (C=O) groups is 1. The molecule has 0 radical (unpaired) electrons. The molecule has 6 heteroatoms. The third-order valence-electron chi connectivity index (χ3n) is 6.02. The van der Waals surface area contributed by atoms with Crippen LogP contribution in [-0.2, 0) is 17.8 Å². The van der Waals surface area contributed by atoms with Crippen LogP contribution in [0.25, 0.3) is 0 Å². The predicted octanol–water partition coefficient (Wildman–Crippen LogP) is 4.07. The molecule has 1 N–H and O–H groups in total. The van der Waals surface area contributed by atoms with E-state index in [9.17, 15) is 14.3 Å². The molecule has 0 spiro atoms. The minimum absolute atomic E-state index is 0.0508. The molecule has 1 amide bonds. The maximum absolute atomic E-state index is 14.0. The molecule has 2 fully saturated rings. The highest BCUT2D eigenvalue weighted by Crippen LogP contribution is 2.42. The molecule has 2 aliphatic heterocycles. The van der Waals surface area contributed by atoms with Crippen molar-refractivity contribution in [3.63, 3.8) is 0 Å². The minimum atomic E-state index is -0.955. The highest BCUT2D eigenvalue weighted by molar-refractivity contribution is 5.69. The molecule has 0 aliphatic carbocycles. The summed E-state index contributed by atoms with van der Waals surface area (Å²) in [6.07, 6.45) is 2.68. The van der Waals surface area contributed by atoms with Gasteiger partial charge in [-0.15, -0.1) is 0 Å². The van der Waals surface area contributed by atoms with Crippen molar-refractivity contribution in [1.29, 1.82) is 0 Å². The molecule has 2 unspecified atom stereocenters. The number of rotatable bonds is 5. The fourth-order valence-electron chi connectivity index (χ4n) is 4.76. The summed E-state index contributed by atoms with van der Waals surface area (Å²) in [6.45, 7) is 0.241. The van der Waals surface area contributed by atoms with Gasteiger partial charge in [0.1, 0.15) is 6.61 Å². The average molecular weight is 399 g/mol. The standard InChI is InChI=1S/C23H26FNO4/c1-28-21-10-7-17(11-20(21)24)12-23(27)13-18-8-9-19(14-23)25(18)22(26)29-15-16-5-3-2-4-6-16/h2-7,10-11,18-19,27H,8-9,12-15H2,1H3. The molecule has 154 valence electrons. The zero-order chi connectivity index (χ0) is 20.4. The predicted molar refractivity (Wildman–Crippen MR) is 106 cm³/mol. The number of hydrogen-bond donors (Lipinski definition) is 1. The van der Waals surface area contributed by atoms with E-state index in [1.165, 1.54) is 13.2 Å². The van der Waals surface area contributed by atoms with E-state index in [0.717, 1.165) is 24.0 Å². The molecule has 5 nitrogen and oxygen atoms in total. The van der Waals surface area contributed by atoms with Crippen LogP contribution < -0.4 is 4.74 Å². The number of benzene rings is 2. The molecule has 2 atom stereocenters. The molecular formula is C23H26FNO4. The second kappa shape index (κ2) is 8.03. The lowest BCUT2D eigenvalue weighted by molar-refractivity contribution is -0.0485. The van der Waals surface area contributed by atoms with Gasteiger partial charge in [-0.1, -0.05) is 36.4 Å². The fourth-order valence-corrected chi connectivity index (χ4v) is 4.76. The van der Waals surface area contributed by atoms with Crippen LogP contribution in [0.3, 0.4) is 0 Å². The van der Waals surface area contributed by atoms with Crippen LogP contribution in [0, 0.1) is 5.82 Å². The van der Waals surface area contributed by atoms with Crippen molar-refractivity contribution >= 4 is 6.09 Å². The summed E-state index contributed by atoms with van der Waals surface area (Å²) in [4.78, 5) is 14.5. The molecule has 4 rings (SSSR count).